The number of hydrogen-bond acceptors (Lipinski definition) is 3. The van der Waals surface area contributed by atoms with Gasteiger partial charge in [0, 0.05) is 11.6 Å². The topological polar surface area (TPSA) is 30.5 Å². The Hall–Kier alpha value is -1.13. The Labute approximate surface area is 99.9 Å². The summed E-state index contributed by atoms with van der Waals surface area (Å²) in [5, 5.41) is 3.42. The van der Waals surface area contributed by atoms with E-state index in [0.29, 0.717) is 12.6 Å². The van der Waals surface area contributed by atoms with Crippen LogP contribution in [0.1, 0.15) is 24.0 Å². The summed E-state index contributed by atoms with van der Waals surface area (Å²) in [5.74, 6) is 0.622. The van der Waals surface area contributed by atoms with E-state index in [9.17, 15) is 4.39 Å². The molecule has 1 fully saturated rings. The molecule has 0 saturated carbocycles. The van der Waals surface area contributed by atoms with E-state index in [1.54, 1.807) is 6.07 Å². The number of benzene rings is 1. The predicted octanol–water partition coefficient (Wildman–Crippen LogP) is 1.99. The van der Waals surface area contributed by atoms with E-state index >= 15 is 0 Å². The van der Waals surface area contributed by atoms with Crippen LogP contribution in [0.25, 0.3) is 0 Å². The van der Waals surface area contributed by atoms with Gasteiger partial charge in [0.25, 0.3) is 0 Å². The Morgan fingerprint density at radius 2 is 2.35 bits per heavy atom. The molecule has 3 rings (SSSR count). The lowest BCUT2D eigenvalue weighted by Gasteiger charge is -2.22. The fourth-order valence-corrected chi connectivity index (χ4v) is 2.60. The fraction of sp³-hybridized carbons (Fsp3) is 0.538. The minimum Gasteiger partial charge on any atom is -0.467 e. The molecule has 1 aromatic rings. The van der Waals surface area contributed by atoms with E-state index in [0.717, 1.165) is 36.3 Å². The zero-order chi connectivity index (χ0) is 11.7. The van der Waals surface area contributed by atoms with E-state index < -0.39 is 0 Å². The monoisotopic (exact) mass is 237 g/mol. The molecule has 0 radical (unpaired) electrons. The first-order valence-corrected chi connectivity index (χ1v) is 6.08. The highest BCUT2D eigenvalue weighted by molar-refractivity contribution is 5.43. The van der Waals surface area contributed by atoms with Gasteiger partial charge in [0.05, 0.1) is 6.61 Å². The summed E-state index contributed by atoms with van der Waals surface area (Å²) in [5.41, 5.74) is 1.78. The molecular formula is C13H16FNO2. The van der Waals surface area contributed by atoms with Gasteiger partial charge in [0.1, 0.15) is 11.6 Å². The van der Waals surface area contributed by atoms with Crippen LogP contribution >= 0.6 is 0 Å². The second kappa shape index (κ2) is 4.63. The molecule has 0 bridgehead atoms. The van der Waals surface area contributed by atoms with Gasteiger partial charge in [0.15, 0.2) is 6.79 Å². The molecule has 1 aromatic carbocycles. The quantitative estimate of drug-likeness (QED) is 0.853. The Balaban J connectivity index is 1.88. The highest BCUT2D eigenvalue weighted by atomic mass is 19.1. The minimum atomic E-state index is -0.203. The summed E-state index contributed by atoms with van der Waals surface area (Å²) in [4.78, 5) is 0. The molecular weight excluding hydrogens is 221 g/mol. The summed E-state index contributed by atoms with van der Waals surface area (Å²) >= 11 is 0. The maximum absolute atomic E-state index is 13.5. The minimum absolute atomic E-state index is 0.203. The second-order valence-electron chi connectivity index (χ2n) is 4.66. The van der Waals surface area contributed by atoms with Crippen LogP contribution in [0.4, 0.5) is 4.39 Å². The van der Waals surface area contributed by atoms with Crippen molar-refractivity contribution in [1.82, 2.24) is 5.32 Å². The third-order valence-corrected chi connectivity index (χ3v) is 3.38. The van der Waals surface area contributed by atoms with E-state index in [2.05, 4.69) is 5.32 Å². The molecule has 2 aliphatic rings. The third-order valence-electron chi connectivity index (χ3n) is 3.38. The summed E-state index contributed by atoms with van der Waals surface area (Å²) in [6.07, 6.45) is 3.19. The zero-order valence-corrected chi connectivity index (χ0v) is 9.67. The van der Waals surface area contributed by atoms with Crippen LogP contribution in [0.15, 0.2) is 12.1 Å². The Morgan fingerprint density at radius 3 is 3.18 bits per heavy atom. The van der Waals surface area contributed by atoms with Gasteiger partial charge in [-0.15, -0.1) is 0 Å². The predicted molar refractivity (Wildman–Crippen MR) is 61.4 cm³/mol. The SMILES string of the molecule is Fc1cc2c(c(CC3CCCN3)c1)OCOC2. The molecule has 0 amide bonds. The molecule has 4 heteroatoms. The molecule has 17 heavy (non-hydrogen) atoms. The lowest BCUT2D eigenvalue weighted by molar-refractivity contribution is -0.0173. The van der Waals surface area contributed by atoms with Crippen molar-refractivity contribution in [1.29, 1.82) is 0 Å². The van der Waals surface area contributed by atoms with Crippen molar-refractivity contribution in [3.05, 3.63) is 29.1 Å². The van der Waals surface area contributed by atoms with Gasteiger partial charge in [-0.2, -0.15) is 0 Å². The van der Waals surface area contributed by atoms with Crippen molar-refractivity contribution in [2.75, 3.05) is 13.3 Å². The van der Waals surface area contributed by atoms with Crippen molar-refractivity contribution in [2.45, 2.75) is 31.9 Å². The number of fused-ring (bicyclic) bond motifs is 1. The molecule has 2 heterocycles. The first-order chi connectivity index (χ1) is 8.33. The summed E-state index contributed by atoms with van der Waals surface area (Å²) in [6.45, 7) is 1.77. The average Bonchev–Trinajstić information content (AvgIpc) is 2.81. The molecule has 2 aliphatic heterocycles. The first-order valence-electron chi connectivity index (χ1n) is 6.08. The summed E-state index contributed by atoms with van der Waals surface area (Å²) in [6, 6.07) is 3.54. The van der Waals surface area contributed by atoms with Crippen molar-refractivity contribution in [3.8, 4) is 5.75 Å². The van der Waals surface area contributed by atoms with Crippen molar-refractivity contribution >= 4 is 0 Å². The standard InChI is InChI=1S/C13H16FNO2/c14-11-4-9(6-12-2-1-3-15-12)13-10(5-11)7-16-8-17-13/h4-5,12,15H,1-3,6-8H2. The fourth-order valence-electron chi connectivity index (χ4n) is 2.60. The lowest BCUT2D eigenvalue weighted by atomic mass is 10.0. The van der Waals surface area contributed by atoms with Crippen LogP contribution < -0.4 is 10.1 Å². The van der Waals surface area contributed by atoms with E-state index in [4.69, 9.17) is 9.47 Å². The van der Waals surface area contributed by atoms with Gasteiger partial charge in [-0.25, -0.2) is 4.39 Å². The molecule has 1 atom stereocenters. The van der Waals surface area contributed by atoms with Crippen LogP contribution in [0.3, 0.4) is 0 Å². The van der Waals surface area contributed by atoms with Crippen LogP contribution in [0.2, 0.25) is 0 Å². The lowest BCUT2D eigenvalue weighted by Crippen LogP contribution is -2.24. The van der Waals surface area contributed by atoms with Crippen molar-refractivity contribution in [2.24, 2.45) is 0 Å². The smallest absolute Gasteiger partial charge is 0.189 e. The molecule has 0 aromatic heterocycles. The van der Waals surface area contributed by atoms with Crippen molar-refractivity contribution < 1.29 is 13.9 Å². The first kappa shape index (κ1) is 11.0. The van der Waals surface area contributed by atoms with Crippen molar-refractivity contribution in [3.63, 3.8) is 0 Å². The van der Waals surface area contributed by atoms with Crippen LogP contribution in [-0.4, -0.2) is 19.4 Å². The van der Waals surface area contributed by atoms with Gasteiger partial charge in [-0.3, -0.25) is 0 Å². The van der Waals surface area contributed by atoms with Gasteiger partial charge in [-0.05, 0) is 43.5 Å². The van der Waals surface area contributed by atoms with Crippen LogP contribution in [-0.2, 0) is 17.8 Å². The maximum Gasteiger partial charge on any atom is 0.189 e. The van der Waals surface area contributed by atoms with Gasteiger partial charge in [0.2, 0.25) is 0 Å². The highest BCUT2D eigenvalue weighted by Crippen LogP contribution is 2.31. The Morgan fingerprint density at radius 1 is 1.41 bits per heavy atom. The van der Waals surface area contributed by atoms with Crippen LogP contribution in [0.5, 0.6) is 5.75 Å². The highest BCUT2D eigenvalue weighted by Gasteiger charge is 2.21. The third kappa shape index (κ3) is 2.28. The largest absolute Gasteiger partial charge is 0.467 e. The molecule has 3 nitrogen and oxygen atoms in total. The number of nitrogens with one attached hydrogen (secondary N) is 1. The molecule has 1 N–H and O–H groups in total. The van der Waals surface area contributed by atoms with E-state index in [1.807, 2.05) is 0 Å². The normalized spacial score (nSPS) is 23.2. The average molecular weight is 237 g/mol. The number of halogens is 1. The van der Waals surface area contributed by atoms with Gasteiger partial charge in [-0.1, -0.05) is 0 Å². The Kier molecular flexibility index (Phi) is 2.99. The number of rotatable bonds is 2. The van der Waals surface area contributed by atoms with E-state index in [1.165, 1.54) is 12.5 Å². The molecule has 0 aliphatic carbocycles. The molecule has 92 valence electrons. The van der Waals surface area contributed by atoms with E-state index in [-0.39, 0.29) is 12.6 Å². The Bertz CT molecular complexity index is 416. The maximum atomic E-state index is 13.5. The van der Waals surface area contributed by atoms with Gasteiger partial charge < -0.3 is 14.8 Å². The molecule has 1 saturated heterocycles. The molecule has 0 spiro atoms. The molecule has 1 unspecified atom stereocenters. The second-order valence-corrected chi connectivity index (χ2v) is 4.66. The number of hydrogen-bond donors (Lipinski definition) is 1. The summed E-state index contributed by atoms with van der Waals surface area (Å²) in [7, 11) is 0. The van der Waals surface area contributed by atoms with Gasteiger partial charge >= 0.3 is 0 Å². The summed E-state index contributed by atoms with van der Waals surface area (Å²) < 4.78 is 24.2. The zero-order valence-electron chi connectivity index (χ0n) is 9.67. The van der Waals surface area contributed by atoms with Crippen LogP contribution in [0, 0.1) is 5.82 Å². The number of ether oxygens (including phenoxy) is 2.